The van der Waals surface area contributed by atoms with E-state index in [1.54, 1.807) is 51.1 Å². The van der Waals surface area contributed by atoms with Crippen LogP contribution in [0.15, 0.2) is 59.5 Å². The monoisotopic (exact) mass is 361 g/mol. The molecule has 0 heterocycles. The highest BCUT2D eigenvalue weighted by molar-refractivity contribution is 7.86. The summed E-state index contributed by atoms with van der Waals surface area (Å²) in [7, 11) is -4.33. The number of carbonyl (C=O) groups excluding carboxylic acids is 1. The van der Waals surface area contributed by atoms with Gasteiger partial charge in [-0.15, -0.1) is 0 Å². The van der Waals surface area contributed by atoms with Crippen LogP contribution < -0.4 is 5.11 Å². The van der Waals surface area contributed by atoms with Gasteiger partial charge >= 0.3 is 0 Å². The number of carboxylic acid groups (broad SMARTS) is 1. The molecule has 0 saturated carbocycles. The summed E-state index contributed by atoms with van der Waals surface area (Å²) in [6, 6.07) is 14.0. The van der Waals surface area contributed by atoms with Crippen LogP contribution in [0.5, 0.6) is 0 Å². The van der Waals surface area contributed by atoms with Crippen LogP contribution in [0.3, 0.4) is 0 Å². The van der Waals surface area contributed by atoms with E-state index in [2.05, 4.69) is 0 Å². The average Bonchev–Trinajstić information content (AvgIpc) is 2.52. The van der Waals surface area contributed by atoms with E-state index in [0.29, 0.717) is 0 Å². The molecular formula is C19H21O5S-. The molecule has 0 fully saturated rings. The summed E-state index contributed by atoms with van der Waals surface area (Å²) in [6.07, 6.45) is 0. The predicted molar refractivity (Wildman–Crippen MR) is 92.0 cm³/mol. The maximum atomic E-state index is 12.8. The molecule has 1 unspecified atom stereocenters. The molecule has 0 aromatic heterocycles. The first-order chi connectivity index (χ1) is 11.5. The van der Waals surface area contributed by atoms with E-state index in [1.165, 1.54) is 24.3 Å². The van der Waals surface area contributed by atoms with Gasteiger partial charge in [-0.2, -0.15) is 8.42 Å². The van der Waals surface area contributed by atoms with Crippen LogP contribution in [0.25, 0.3) is 0 Å². The van der Waals surface area contributed by atoms with Gasteiger partial charge in [-0.05, 0) is 24.6 Å². The van der Waals surface area contributed by atoms with Gasteiger partial charge in [0.15, 0.2) is 5.60 Å². The fourth-order valence-electron chi connectivity index (χ4n) is 2.65. The van der Waals surface area contributed by atoms with Gasteiger partial charge in [-0.1, -0.05) is 68.8 Å². The van der Waals surface area contributed by atoms with Gasteiger partial charge in [0.05, 0.1) is 10.9 Å². The second-order valence-electron chi connectivity index (χ2n) is 6.94. The van der Waals surface area contributed by atoms with Crippen molar-refractivity contribution in [1.29, 1.82) is 0 Å². The molecule has 2 rings (SSSR count). The third-order valence-corrected chi connectivity index (χ3v) is 5.39. The average molecular weight is 361 g/mol. The van der Waals surface area contributed by atoms with E-state index >= 15 is 0 Å². The summed E-state index contributed by atoms with van der Waals surface area (Å²) in [5.74, 6) is -1.61. The quantitative estimate of drug-likeness (QED) is 0.764. The van der Waals surface area contributed by atoms with Crippen LogP contribution in [0.4, 0.5) is 0 Å². The Labute approximate surface area is 148 Å². The van der Waals surface area contributed by atoms with Crippen LogP contribution in [0.2, 0.25) is 0 Å². The summed E-state index contributed by atoms with van der Waals surface area (Å²) in [4.78, 5) is 12.0. The number of hydrogen-bond donors (Lipinski definition) is 0. The second-order valence-corrected chi connectivity index (χ2v) is 8.48. The molecule has 0 radical (unpaired) electrons. The van der Waals surface area contributed by atoms with Crippen LogP contribution in [-0.4, -0.2) is 14.4 Å². The van der Waals surface area contributed by atoms with Crippen LogP contribution in [0.1, 0.15) is 31.9 Å². The number of carboxylic acids is 1. The highest BCUT2D eigenvalue weighted by Crippen LogP contribution is 2.44. The smallest absolute Gasteiger partial charge is 0.298 e. The molecule has 1 atom stereocenters. The minimum atomic E-state index is -4.33. The molecule has 2 aromatic rings. The number of aryl methyl sites for hydroxylation is 1. The van der Waals surface area contributed by atoms with E-state index < -0.39 is 27.1 Å². The molecule has 25 heavy (non-hydrogen) atoms. The molecule has 0 aliphatic carbocycles. The fourth-order valence-corrected chi connectivity index (χ4v) is 3.96. The lowest BCUT2D eigenvalue weighted by Gasteiger charge is -2.44. The fraction of sp³-hybridized carbons (Fsp3) is 0.316. The summed E-state index contributed by atoms with van der Waals surface area (Å²) in [5, 5.41) is 12.1. The van der Waals surface area contributed by atoms with E-state index in [1.807, 2.05) is 6.92 Å². The zero-order chi connectivity index (χ0) is 18.9. The number of aliphatic carboxylic acids is 1. The molecule has 0 aliphatic rings. The summed E-state index contributed by atoms with van der Waals surface area (Å²) < 4.78 is 30.9. The summed E-state index contributed by atoms with van der Waals surface area (Å²) >= 11 is 0. The van der Waals surface area contributed by atoms with Crippen LogP contribution in [0, 0.1) is 12.3 Å². The Morgan fingerprint density at radius 2 is 1.48 bits per heavy atom. The van der Waals surface area contributed by atoms with Gasteiger partial charge in [0.2, 0.25) is 0 Å². The van der Waals surface area contributed by atoms with Gasteiger partial charge in [0.1, 0.15) is 0 Å². The van der Waals surface area contributed by atoms with Crippen LogP contribution in [-0.2, 0) is 24.7 Å². The predicted octanol–water partition coefficient (Wildman–Crippen LogP) is 2.39. The molecule has 0 saturated heterocycles. The van der Waals surface area contributed by atoms with Crippen LogP contribution >= 0.6 is 0 Å². The molecule has 6 heteroatoms. The van der Waals surface area contributed by atoms with E-state index in [9.17, 15) is 18.3 Å². The first-order valence-corrected chi connectivity index (χ1v) is 9.21. The molecule has 0 spiro atoms. The Morgan fingerprint density at radius 3 is 1.92 bits per heavy atom. The van der Waals surface area contributed by atoms with Gasteiger partial charge in [0.25, 0.3) is 10.1 Å². The number of carbonyl (C=O) groups is 1. The minimum Gasteiger partial charge on any atom is -0.547 e. The van der Waals surface area contributed by atoms with E-state index in [4.69, 9.17) is 4.18 Å². The van der Waals surface area contributed by atoms with Crippen molar-refractivity contribution in [2.75, 3.05) is 0 Å². The molecule has 0 N–H and O–H groups in total. The molecule has 0 amide bonds. The third kappa shape index (κ3) is 3.60. The Balaban J connectivity index is 2.65. The lowest BCUT2D eigenvalue weighted by Crippen LogP contribution is -2.56. The normalized spacial score (nSPS) is 14.7. The first-order valence-electron chi connectivity index (χ1n) is 7.80. The Bertz CT molecular complexity index is 849. The van der Waals surface area contributed by atoms with Crippen molar-refractivity contribution in [2.24, 2.45) is 5.41 Å². The van der Waals surface area contributed by atoms with Crippen molar-refractivity contribution < 1.29 is 22.5 Å². The lowest BCUT2D eigenvalue weighted by molar-refractivity contribution is -0.330. The molecule has 5 nitrogen and oxygen atoms in total. The van der Waals surface area contributed by atoms with Crippen molar-refractivity contribution in [2.45, 2.75) is 38.2 Å². The van der Waals surface area contributed by atoms with Crippen molar-refractivity contribution in [3.8, 4) is 0 Å². The van der Waals surface area contributed by atoms with E-state index in [-0.39, 0.29) is 10.5 Å². The number of rotatable bonds is 5. The molecule has 0 aliphatic heterocycles. The van der Waals surface area contributed by atoms with E-state index in [0.717, 1.165) is 5.56 Å². The van der Waals surface area contributed by atoms with Gasteiger partial charge in [0, 0.05) is 5.41 Å². The summed E-state index contributed by atoms with van der Waals surface area (Å²) in [6.45, 7) is 6.61. The maximum Gasteiger partial charge on any atom is 0.298 e. The van der Waals surface area contributed by atoms with Crippen molar-refractivity contribution in [3.05, 3.63) is 65.7 Å². The molecule has 2 aromatic carbocycles. The molecule has 134 valence electrons. The van der Waals surface area contributed by atoms with Crippen molar-refractivity contribution in [3.63, 3.8) is 0 Å². The SMILES string of the molecule is Cc1ccc(S(=O)(=O)OC(C(=O)[O-])(c2ccccc2)C(C)(C)C)cc1. The molecular weight excluding hydrogens is 340 g/mol. The molecule has 0 bridgehead atoms. The van der Waals surface area contributed by atoms with Crippen molar-refractivity contribution >= 4 is 16.1 Å². The highest BCUT2D eigenvalue weighted by atomic mass is 32.2. The summed E-state index contributed by atoms with van der Waals surface area (Å²) in [5.41, 5.74) is -2.18. The minimum absolute atomic E-state index is 0.107. The standard InChI is InChI=1S/C19H22O5S/c1-14-10-12-16(13-11-14)25(22,23)24-19(17(20)21,18(2,3)4)15-8-6-5-7-9-15/h5-13H,1-4H3,(H,20,21)/p-1. The number of hydrogen-bond acceptors (Lipinski definition) is 5. The largest absolute Gasteiger partial charge is 0.547 e. The highest BCUT2D eigenvalue weighted by Gasteiger charge is 2.50. The first kappa shape index (κ1) is 19.1. The Kier molecular flexibility index (Phi) is 5.06. The second kappa shape index (κ2) is 6.61. The van der Waals surface area contributed by atoms with Gasteiger partial charge in [-0.25, -0.2) is 4.18 Å². The topological polar surface area (TPSA) is 83.5 Å². The zero-order valence-electron chi connectivity index (χ0n) is 14.6. The van der Waals surface area contributed by atoms with Crippen molar-refractivity contribution in [1.82, 2.24) is 0 Å². The maximum absolute atomic E-state index is 12.8. The van der Waals surface area contributed by atoms with Gasteiger partial charge < -0.3 is 9.90 Å². The number of benzene rings is 2. The zero-order valence-corrected chi connectivity index (χ0v) is 15.5. The third-order valence-electron chi connectivity index (χ3n) is 4.07. The van der Waals surface area contributed by atoms with Gasteiger partial charge in [-0.3, -0.25) is 0 Å². The lowest BCUT2D eigenvalue weighted by atomic mass is 9.72. The Morgan fingerprint density at radius 1 is 0.960 bits per heavy atom. The Hall–Kier alpha value is -2.18.